The normalized spacial score (nSPS) is 12.2. The van der Waals surface area contributed by atoms with Crippen molar-refractivity contribution in [2.75, 3.05) is 26.2 Å². The van der Waals surface area contributed by atoms with Gasteiger partial charge in [0.2, 0.25) is 0 Å². The van der Waals surface area contributed by atoms with Crippen LogP contribution >= 0.6 is 24.0 Å². The minimum atomic E-state index is -0.159. The number of rotatable bonds is 9. The maximum atomic E-state index is 12.4. The highest BCUT2D eigenvalue weighted by molar-refractivity contribution is 6.32. The molecule has 1 atom stereocenters. The number of halogens is 2. The van der Waals surface area contributed by atoms with Gasteiger partial charge in [0.1, 0.15) is 5.75 Å². The van der Waals surface area contributed by atoms with Crippen molar-refractivity contribution in [3.8, 4) is 5.75 Å². The molecule has 0 aliphatic heterocycles. The summed E-state index contributed by atoms with van der Waals surface area (Å²) < 4.78 is 5.55. The van der Waals surface area contributed by atoms with Crippen LogP contribution in [0.2, 0.25) is 5.02 Å². The molecule has 2 aromatic rings. The number of carbonyl (C=O) groups is 1. The number of amides is 1. The fourth-order valence-electron chi connectivity index (χ4n) is 3.29. The molecule has 0 aliphatic carbocycles. The monoisotopic (exact) mass is 452 g/mol. The van der Waals surface area contributed by atoms with E-state index in [2.05, 4.69) is 69.1 Å². The Morgan fingerprint density at radius 1 is 1.07 bits per heavy atom. The highest BCUT2D eigenvalue weighted by atomic mass is 35.5. The third kappa shape index (κ3) is 7.50. The van der Waals surface area contributed by atoms with E-state index in [-0.39, 0.29) is 36.4 Å². The maximum Gasteiger partial charge on any atom is 0.258 e. The molecule has 0 aliphatic rings. The van der Waals surface area contributed by atoms with Crippen LogP contribution in [0.25, 0.3) is 0 Å². The summed E-state index contributed by atoms with van der Waals surface area (Å²) in [6.07, 6.45) is 0. The number of likely N-dealkylation sites (N-methyl/N-ethyl adjacent to an activating group) is 1. The molecular formula is C24H34Cl2N2O2. The first kappa shape index (κ1) is 26.3. The molecule has 1 N–H and O–H groups in total. The summed E-state index contributed by atoms with van der Waals surface area (Å²) in [5, 5.41) is 3.52. The molecule has 0 saturated heterocycles. The fraction of sp³-hybridized carbons (Fsp3) is 0.458. The molecule has 6 heteroatoms. The van der Waals surface area contributed by atoms with Gasteiger partial charge in [-0.15, -0.1) is 12.4 Å². The zero-order chi connectivity index (χ0) is 21.4. The van der Waals surface area contributed by atoms with E-state index in [1.54, 1.807) is 12.1 Å². The van der Waals surface area contributed by atoms with Crippen molar-refractivity contribution in [1.29, 1.82) is 0 Å². The van der Waals surface area contributed by atoms with Crippen LogP contribution in [0.1, 0.15) is 51.8 Å². The van der Waals surface area contributed by atoms with Crippen LogP contribution in [0.15, 0.2) is 48.5 Å². The van der Waals surface area contributed by atoms with E-state index in [0.29, 0.717) is 17.3 Å². The van der Waals surface area contributed by atoms with E-state index in [1.807, 2.05) is 12.1 Å². The second-order valence-corrected chi connectivity index (χ2v) is 8.54. The topological polar surface area (TPSA) is 41.6 Å². The first-order chi connectivity index (χ1) is 13.8. The van der Waals surface area contributed by atoms with Crippen molar-refractivity contribution in [3.63, 3.8) is 0 Å². The molecule has 0 bridgehead atoms. The van der Waals surface area contributed by atoms with Crippen molar-refractivity contribution < 1.29 is 9.53 Å². The second kappa shape index (κ2) is 12.2. The molecule has 0 spiro atoms. The van der Waals surface area contributed by atoms with Crippen LogP contribution in [-0.4, -0.2) is 37.0 Å². The third-order valence-corrected chi connectivity index (χ3v) is 5.41. The number of ether oxygens (including phenoxy) is 1. The predicted molar refractivity (Wildman–Crippen MR) is 128 cm³/mol. The summed E-state index contributed by atoms with van der Waals surface area (Å²) in [4.78, 5) is 14.7. The quantitative estimate of drug-likeness (QED) is 0.535. The summed E-state index contributed by atoms with van der Waals surface area (Å²) in [5.74, 6) is 0.357. The minimum absolute atomic E-state index is 0. The minimum Gasteiger partial charge on any atom is -0.482 e. The van der Waals surface area contributed by atoms with Gasteiger partial charge in [-0.1, -0.05) is 82.6 Å². The average Bonchev–Trinajstić information content (AvgIpc) is 2.70. The zero-order valence-corrected chi connectivity index (χ0v) is 20.1. The standard InChI is InChI=1S/C24H33ClN2O2.ClH/c1-6-27(7-2)21(18-12-14-19(15-13-18)24(3,4)5)16-26-23(28)17-29-22-11-9-8-10-20(22)25;/h8-15,21H,6-7,16-17H2,1-5H3,(H,26,28);1H. The lowest BCUT2D eigenvalue weighted by Gasteiger charge is -2.31. The molecule has 1 amide bonds. The van der Waals surface area contributed by atoms with E-state index < -0.39 is 0 Å². The molecule has 166 valence electrons. The summed E-state index contributed by atoms with van der Waals surface area (Å²) in [6.45, 7) is 13.2. The predicted octanol–water partition coefficient (Wildman–Crippen LogP) is 5.64. The lowest BCUT2D eigenvalue weighted by Crippen LogP contribution is -2.39. The molecule has 2 aromatic carbocycles. The van der Waals surface area contributed by atoms with E-state index in [0.717, 1.165) is 13.1 Å². The van der Waals surface area contributed by atoms with E-state index in [1.165, 1.54) is 11.1 Å². The first-order valence-corrected chi connectivity index (χ1v) is 10.6. The summed E-state index contributed by atoms with van der Waals surface area (Å²) in [7, 11) is 0. The van der Waals surface area contributed by atoms with Gasteiger partial charge in [0, 0.05) is 6.54 Å². The number of hydrogen-bond donors (Lipinski definition) is 1. The van der Waals surface area contributed by atoms with Crippen LogP contribution < -0.4 is 10.1 Å². The van der Waals surface area contributed by atoms with Gasteiger partial charge < -0.3 is 10.1 Å². The average molecular weight is 453 g/mol. The Kier molecular flexibility index (Phi) is 10.7. The molecule has 0 aromatic heterocycles. The first-order valence-electron chi connectivity index (χ1n) is 10.2. The number of para-hydroxylation sites is 1. The molecule has 30 heavy (non-hydrogen) atoms. The van der Waals surface area contributed by atoms with Gasteiger partial charge in [0.05, 0.1) is 11.1 Å². The molecule has 1 unspecified atom stereocenters. The Morgan fingerprint density at radius 3 is 2.20 bits per heavy atom. The summed E-state index contributed by atoms with van der Waals surface area (Å²) >= 11 is 6.08. The fourth-order valence-corrected chi connectivity index (χ4v) is 3.48. The van der Waals surface area contributed by atoms with Gasteiger partial charge in [-0.2, -0.15) is 0 Å². The Balaban J connectivity index is 0.00000450. The van der Waals surface area contributed by atoms with Gasteiger partial charge in [-0.25, -0.2) is 0 Å². The molecule has 0 heterocycles. The third-order valence-electron chi connectivity index (χ3n) is 5.10. The molecule has 0 radical (unpaired) electrons. The maximum absolute atomic E-state index is 12.4. The van der Waals surface area contributed by atoms with Crippen molar-refractivity contribution in [1.82, 2.24) is 10.2 Å². The second-order valence-electron chi connectivity index (χ2n) is 8.13. The Morgan fingerprint density at radius 2 is 1.67 bits per heavy atom. The van der Waals surface area contributed by atoms with Crippen LogP contribution in [0.4, 0.5) is 0 Å². The largest absolute Gasteiger partial charge is 0.482 e. The van der Waals surface area contributed by atoms with Crippen molar-refractivity contribution >= 4 is 29.9 Å². The highest BCUT2D eigenvalue weighted by Gasteiger charge is 2.20. The van der Waals surface area contributed by atoms with Crippen molar-refractivity contribution in [2.45, 2.75) is 46.1 Å². The molecule has 0 saturated carbocycles. The van der Waals surface area contributed by atoms with Crippen molar-refractivity contribution in [3.05, 3.63) is 64.7 Å². The van der Waals surface area contributed by atoms with E-state index in [9.17, 15) is 4.79 Å². The van der Waals surface area contributed by atoms with Crippen LogP contribution in [0.5, 0.6) is 5.75 Å². The zero-order valence-electron chi connectivity index (χ0n) is 18.6. The molecule has 2 rings (SSSR count). The number of nitrogens with one attached hydrogen (secondary N) is 1. The van der Waals surface area contributed by atoms with Crippen LogP contribution in [-0.2, 0) is 10.2 Å². The van der Waals surface area contributed by atoms with Gasteiger partial charge in [0.25, 0.3) is 5.91 Å². The van der Waals surface area contributed by atoms with Gasteiger partial charge >= 0.3 is 0 Å². The SMILES string of the molecule is CCN(CC)C(CNC(=O)COc1ccccc1Cl)c1ccc(C(C)(C)C)cc1.Cl. The number of benzene rings is 2. The lowest BCUT2D eigenvalue weighted by molar-refractivity contribution is -0.123. The lowest BCUT2D eigenvalue weighted by atomic mass is 9.86. The summed E-state index contributed by atoms with van der Waals surface area (Å²) in [6, 6.07) is 16.0. The number of carbonyl (C=O) groups excluding carboxylic acids is 1. The Bertz CT molecular complexity index is 785. The van der Waals surface area contributed by atoms with Crippen LogP contribution in [0, 0.1) is 0 Å². The van der Waals surface area contributed by atoms with Gasteiger partial charge in [0.15, 0.2) is 6.61 Å². The smallest absolute Gasteiger partial charge is 0.258 e. The Labute approximate surface area is 192 Å². The van der Waals surface area contributed by atoms with E-state index >= 15 is 0 Å². The van der Waals surface area contributed by atoms with Gasteiger partial charge in [-0.05, 0) is 41.8 Å². The summed E-state index contributed by atoms with van der Waals surface area (Å²) in [5.41, 5.74) is 2.62. The Hall–Kier alpha value is -1.75. The van der Waals surface area contributed by atoms with Crippen molar-refractivity contribution in [2.24, 2.45) is 0 Å². The molecule has 4 nitrogen and oxygen atoms in total. The number of nitrogens with zero attached hydrogens (tertiary/aromatic N) is 1. The van der Waals surface area contributed by atoms with Crippen LogP contribution in [0.3, 0.4) is 0 Å². The molecular weight excluding hydrogens is 419 g/mol. The van der Waals surface area contributed by atoms with Gasteiger partial charge in [-0.3, -0.25) is 9.69 Å². The van der Waals surface area contributed by atoms with E-state index in [4.69, 9.17) is 16.3 Å². The number of hydrogen-bond acceptors (Lipinski definition) is 3. The highest BCUT2D eigenvalue weighted by Crippen LogP contribution is 2.26. The molecule has 0 fully saturated rings.